The van der Waals surface area contributed by atoms with Crippen LogP contribution in [0, 0.1) is 6.92 Å². The van der Waals surface area contributed by atoms with Crippen LogP contribution in [-0.2, 0) is 16.8 Å². The molecule has 2 aromatic heterocycles. The summed E-state index contributed by atoms with van der Waals surface area (Å²) in [5, 5.41) is 8.87. The number of aromatic nitrogens is 2. The van der Waals surface area contributed by atoms with Crippen LogP contribution in [0.5, 0.6) is 0 Å². The number of carbonyl (C=O) groups excluding carboxylic acids is 1. The van der Waals surface area contributed by atoms with Crippen molar-refractivity contribution in [2.75, 3.05) is 38.0 Å². The Morgan fingerprint density at radius 1 is 1.12 bits per heavy atom. The summed E-state index contributed by atoms with van der Waals surface area (Å²) in [4.78, 5) is 25.8. The van der Waals surface area contributed by atoms with Gasteiger partial charge in [0.15, 0.2) is 5.13 Å². The molecule has 1 N–H and O–H groups in total. The second-order valence-corrected chi connectivity index (χ2v) is 9.57. The van der Waals surface area contributed by atoms with E-state index in [2.05, 4.69) is 46.3 Å². The van der Waals surface area contributed by atoms with Crippen molar-refractivity contribution in [3.05, 3.63) is 27.2 Å². The van der Waals surface area contributed by atoms with E-state index < -0.39 is 0 Å². The number of aryl methyl sites for hydroxylation is 1. The Kier molecular flexibility index (Phi) is 6.06. The molecule has 3 rings (SSSR count). The van der Waals surface area contributed by atoms with E-state index in [0.29, 0.717) is 11.7 Å². The zero-order valence-electron chi connectivity index (χ0n) is 15.9. The average Bonchev–Trinajstić information content (AvgIpc) is 3.18. The molecule has 8 heteroatoms. The molecule has 2 aromatic rings. The summed E-state index contributed by atoms with van der Waals surface area (Å²) >= 11 is 3.22. The minimum atomic E-state index is 0.0162. The van der Waals surface area contributed by atoms with Crippen molar-refractivity contribution in [3.8, 4) is 0 Å². The van der Waals surface area contributed by atoms with Crippen molar-refractivity contribution in [3.63, 3.8) is 0 Å². The first kappa shape index (κ1) is 19.4. The maximum Gasteiger partial charge on any atom is 0.240 e. The van der Waals surface area contributed by atoms with Gasteiger partial charge in [-0.15, -0.1) is 22.7 Å². The van der Waals surface area contributed by atoms with Crippen molar-refractivity contribution in [1.82, 2.24) is 19.8 Å². The Morgan fingerprint density at radius 2 is 1.81 bits per heavy atom. The quantitative estimate of drug-likeness (QED) is 0.846. The van der Waals surface area contributed by atoms with Gasteiger partial charge in [0.2, 0.25) is 5.91 Å². The Hall–Kier alpha value is -1.35. The lowest BCUT2D eigenvalue weighted by atomic mass is 9.93. The predicted molar refractivity (Wildman–Crippen MR) is 108 cm³/mol. The first-order valence-corrected chi connectivity index (χ1v) is 10.7. The highest BCUT2D eigenvalue weighted by Gasteiger charge is 2.22. The Balaban J connectivity index is 1.42. The second kappa shape index (κ2) is 8.12. The lowest BCUT2D eigenvalue weighted by molar-refractivity contribution is -0.117. The summed E-state index contributed by atoms with van der Waals surface area (Å²) in [6.07, 6.45) is 0. The first-order chi connectivity index (χ1) is 12.3. The Morgan fingerprint density at radius 3 is 2.38 bits per heavy atom. The monoisotopic (exact) mass is 393 g/mol. The maximum absolute atomic E-state index is 12.2. The third-order valence-corrected chi connectivity index (χ3v) is 6.09. The lowest BCUT2D eigenvalue weighted by Gasteiger charge is -2.33. The topological polar surface area (TPSA) is 61.4 Å². The van der Waals surface area contributed by atoms with Crippen LogP contribution in [0.1, 0.15) is 37.2 Å². The second-order valence-electron chi connectivity index (χ2n) is 7.77. The summed E-state index contributed by atoms with van der Waals surface area (Å²) in [6.45, 7) is 13.6. The van der Waals surface area contributed by atoms with E-state index >= 15 is 0 Å². The summed E-state index contributed by atoms with van der Waals surface area (Å²) in [6, 6.07) is 0. The number of carbonyl (C=O) groups is 1. The van der Waals surface area contributed by atoms with Crippen LogP contribution in [-0.4, -0.2) is 58.4 Å². The van der Waals surface area contributed by atoms with E-state index in [1.54, 1.807) is 11.3 Å². The van der Waals surface area contributed by atoms with Crippen LogP contribution < -0.4 is 5.32 Å². The number of piperazine rings is 1. The normalized spacial score (nSPS) is 16.8. The molecule has 0 spiro atoms. The number of amides is 1. The van der Waals surface area contributed by atoms with Gasteiger partial charge < -0.3 is 5.32 Å². The van der Waals surface area contributed by atoms with E-state index in [9.17, 15) is 4.79 Å². The number of hydrogen-bond acceptors (Lipinski definition) is 7. The Bertz CT molecular complexity index is 741. The minimum Gasteiger partial charge on any atom is -0.301 e. The number of thiazole rings is 2. The molecule has 0 atom stereocenters. The molecular weight excluding hydrogens is 366 g/mol. The van der Waals surface area contributed by atoms with Crippen LogP contribution >= 0.6 is 22.7 Å². The molecular formula is C18H27N5OS2. The number of anilines is 1. The molecule has 0 aliphatic carbocycles. The SMILES string of the molecule is Cc1csc(NC(=O)CN2CCN(Cc3nc(C(C)(C)C)cs3)CC2)n1. The molecule has 142 valence electrons. The fraction of sp³-hybridized carbons (Fsp3) is 0.611. The molecule has 0 bridgehead atoms. The molecule has 0 saturated carbocycles. The summed E-state index contributed by atoms with van der Waals surface area (Å²) in [5.74, 6) is 0.0162. The van der Waals surface area contributed by atoms with Crippen LogP contribution in [0.25, 0.3) is 0 Å². The standard InChI is InChI=1S/C18H27N5OS2/c1-13-11-26-17(19-13)21-15(24)9-22-5-7-23(8-6-22)10-16-20-14(12-25-16)18(2,3)4/h11-12H,5-10H2,1-4H3,(H,19,21,24). The molecule has 6 nitrogen and oxygen atoms in total. The number of rotatable bonds is 5. The van der Waals surface area contributed by atoms with E-state index in [1.807, 2.05) is 12.3 Å². The van der Waals surface area contributed by atoms with Crippen LogP contribution in [0.3, 0.4) is 0 Å². The van der Waals surface area contributed by atoms with Gasteiger partial charge in [-0.25, -0.2) is 9.97 Å². The zero-order chi connectivity index (χ0) is 18.7. The third kappa shape index (κ3) is 5.33. The lowest BCUT2D eigenvalue weighted by Crippen LogP contribution is -2.48. The molecule has 1 saturated heterocycles. The van der Waals surface area contributed by atoms with Crippen LogP contribution in [0.4, 0.5) is 5.13 Å². The zero-order valence-corrected chi connectivity index (χ0v) is 17.5. The molecule has 1 aliphatic rings. The summed E-state index contributed by atoms with van der Waals surface area (Å²) in [5.41, 5.74) is 2.22. The molecule has 1 fully saturated rings. The molecule has 3 heterocycles. The maximum atomic E-state index is 12.2. The smallest absolute Gasteiger partial charge is 0.240 e. The van der Waals surface area contributed by atoms with Crippen molar-refractivity contribution in [2.24, 2.45) is 0 Å². The highest BCUT2D eigenvalue weighted by Crippen LogP contribution is 2.24. The number of nitrogens with one attached hydrogen (secondary N) is 1. The minimum absolute atomic E-state index is 0.0162. The fourth-order valence-electron chi connectivity index (χ4n) is 2.80. The van der Waals surface area contributed by atoms with Crippen molar-refractivity contribution >= 4 is 33.7 Å². The van der Waals surface area contributed by atoms with Gasteiger partial charge >= 0.3 is 0 Å². The number of hydrogen-bond donors (Lipinski definition) is 1. The molecule has 26 heavy (non-hydrogen) atoms. The average molecular weight is 394 g/mol. The molecule has 0 unspecified atom stereocenters. The predicted octanol–water partition coefficient (Wildman–Crippen LogP) is 2.96. The van der Waals surface area contributed by atoms with E-state index in [1.165, 1.54) is 22.0 Å². The molecule has 0 radical (unpaired) electrons. The van der Waals surface area contributed by atoms with Crippen molar-refractivity contribution in [1.29, 1.82) is 0 Å². The Labute approximate surface area is 163 Å². The fourth-order valence-corrected chi connectivity index (χ4v) is 4.56. The largest absolute Gasteiger partial charge is 0.301 e. The molecule has 0 aromatic carbocycles. The molecule has 1 aliphatic heterocycles. The third-order valence-electron chi connectivity index (χ3n) is 4.38. The van der Waals surface area contributed by atoms with Gasteiger partial charge in [0.25, 0.3) is 0 Å². The highest BCUT2D eigenvalue weighted by atomic mass is 32.1. The van der Waals surface area contributed by atoms with Gasteiger partial charge in [-0.1, -0.05) is 20.8 Å². The summed E-state index contributed by atoms with van der Waals surface area (Å²) < 4.78 is 0. The van der Waals surface area contributed by atoms with Crippen molar-refractivity contribution < 1.29 is 4.79 Å². The van der Waals surface area contributed by atoms with Gasteiger partial charge in [-0.2, -0.15) is 0 Å². The van der Waals surface area contributed by atoms with Gasteiger partial charge in [-0.05, 0) is 6.92 Å². The van der Waals surface area contributed by atoms with E-state index in [4.69, 9.17) is 4.98 Å². The highest BCUT2D eigenvalue weighted by molar-refractivity contribution is 7.13. The van der Waals surface area contributed by atoms with Gasteiger partial charge in [0, 0.05) is 42.4 Å². The van der Waals surface area contributed by atoms with Gasteiger partial charge in [0.1, 0.15) is 5.01 Å². The molecule has 1 amide bonds. The van der Waals surface area contributed by atoms with E-state index in [-0.39, 0.29) is 11.3 Å². The van der Waals surface area contributed by atoms with Crippen LogP contribution in [0.15, 0.2) is 10.8 Å². The van der Waals surface area contributed by atoms with Crippen LogP contribution in [0.2, 0.25) is 0 Å². The number of nitrogens with zero attached hydrogens (tertiary/aromatic N) is 4. The summed E-state index contributed by atoms with van der Waals surface area (Å²) in [7, 11) is 0. The van der Waals surface area contributed by atoms with Crippen molar-refractivity contribution in [2.45, 2.75) is 39.7 Å². The van der Waals surface area contributed by atoms with Gasteiger partial charge in [0.05, 0.1) is 24.5 Å². The van der Waals surface area contributed by atoms with Gasteiger partial charge in [-0.3, -0.25) is 14.6 Å². The van der Waals surface area contributed by atoms with E-state index in [0.717, 1.165) is 38.4 Å². The first-order valence-electron chi connectivity index (χ1n) is 8.91.